The highest BCUT2D eigenvalue weighted by molar-refractivity contribution is 5.55. The fourth-order valence-electron chi connectivity index (χ4n) is 3.39. The molecule has 5 nitrogen and oxygen atoms in total. The van der Waals surface area contributed by atoms with E-state index in [2.05, 4.69) is 51.3 Å². The maximum Gasteiger partial charge on any atom is 0.0368 e. The van der Waals surface area contributed by atoms with Crippen LogP contribution in [0.3, 0.4) is 0 Å². The third kappa shape index (κ3) is 4.83. The molecule has 128 valence electrons. The number of piperazine rings is 1. The third-order valence-corrected chi connectivity index (χ3v) is 5.13. The Balaban J connectivity index is 1.41. The number of anilines is 2. The summed E-state index contributed by atoms with van der Waals surface area (Å²) in [6.07, 6.45) is 2.28. The summed E-state index contributed by atoms with van der Waals surface area (Å²) >= 11 is 0. The molecule has 0 amide bonds. The number of piperidine rings is 1. The van der Waals surface area contributed by atoms with Gasteiger partial charge in [0.2, 0.25) is 0 Å². The maximum absolute atomic E-state index is 5.95. The number of hydrogen-bond donors (Lipinski definition) is 2. The van der Waals surface area contributed by atoms with Gasteiger partial charge in [-0.3, -0.25) is 0 Å². The number of likely N-dealkylation sites (tertiary alicyclic amines) is 1. The van der Waals surface area contributed by atoms with E-state index in [1.165, 1.54) is 11.4 Å². The molecule has 2 heterocycles. The Bertz CT molecular complexity index is 459. The first-order valence-electron chi connectivity index (χ1n) is 8.96. The molecule has 0 saturated carbocycles. The molecule has 0 aromatic heterocycles. The molecule has 2 fully saturated rings. The predicted molar refractivity (Wildman–Crippen MR) is 98.3 cm³/mol. The van der Waals surface area contributed by atoms with E-state index < -0.39 is 0 Å². The SMILES string of the molecule is CN1CCN(c2ccc(NCCN3CCC(N)CC3)cc2)CC1. The average Bonchev–Trinajstić information content (AvgIpc) is 2.58. The van der Waals surface area contributed by atoms with Crippen molar-refractivity contribution in [1.29, 1.82) is 0 Å². The van der Waals surface area contributed by atoms with Crippen LogP contribution in [-0.4, -0.2) is 75.2 Å². The molecule has 2 aliphatic heterocycles. The number of nitrogens with two attached hydrogens (primary N) is 1. The lowest BCUT2D eigenvalue weighted by Crippen LogP contribution is -2.44. The molecule has 3 N–H and O–H groups in total. The Morgan fingerprint density at radius 2 is 1.65 bits per heavy atom. The zero-order valence-corrected chi connectivity index (χ0v) is 14.4. The molecule has 2 saturated heterocycles. The van der Waals surface area contributed by atoms with Crippen molar-refractivity contribution >= 4 is 11.4 Å². The summed E-state index contributed by atoms with van der Waals surface area (Å²) in [7, 11) is 2.19. The highest BCUT2D eigenvalue weighted by Gasteiger charge is 2.15. The van der Waals surface area contributed by atoms with Crippen molar-refractivity contribution < 1.29 is 0 Å². The van der Waals surface area contributed by atoms with Crippen LogP contribution in [-0.2, 0) is 0 Å². The monoisotopic (exact) mass is 317 g/mol. The summed E-state index contributed by atoms with van der Waals surface area (Å²) < 4.78 is 0. The summed E-state index contributed by atoms with van der Waals surface area (Å²) in [5.74, 6) is 0. The molecule has 0 aliphatic carbocycles. The van der Waals surface area contributed by atoms with Gasteiger partial charge < -0.3 is 25.8 Å². The standard InChI is InChI=1S/C18H31N5/c1-21-12-14-23(15-13-21)18-4-2-17(3-5-18)20-8-11-22-9-6-16(19)7-10-22/h2-5,16,20H,6-15,19H2,1H3. The van der Waals surface area contributed by atoms with Crippen LogP contribution >= 0.6 is 0 Å². The summed E-state index contributed by atoms with van der Waals surface area (Å²) in [6, 6.07) is 9.32. The zero-order valence-electron chi connectivity index (χ0n) is 14.4. The minimum atomic E-state index is 0.418. The smallest absolute Gasteiger partial charge is 0.0368 e. The highest BCUT2D eigenvalue weighted by Crippen LogP contribution is 2.19. The van der Waals surface area contributed by atoms with Crippen molar-refractivity contribution in [3.8, 4) is 0 Å². The summed E-state index contributed by atoms with van der Waals surface area (Å²) in [6.45, 7) is 8.95. The van der Waals surface area contributed by atoms with Crippen LogP contribution in [0.5, 0.6) is 0 Å². The number of benzene rings is 1. The molecular formula is C18H31N5. The van der Waals surface area contributed by atoms with Crippen molar-refractivity contribution in [3.05, 3.63) is 24.3 Å². The first-order chi connectivity index (χ1) is 11.2. The van der Waals surface area contributed by atoms with Crippen molar-refractivity contribution in [2.75, 3.05) is 69.6 Å². The number of nitrogens with one attached hydrogen (secondary N) is 1. The van der Waals surface area contributed by atoms with E-state index in [1.807, 2.05) is 0 Å². The second kappa shape index (κ2) is 7.99. The van der Waals surface area contributed by atoms with Crippen LogP contribution < -0.4 is 16.0 Å². The second-order valence-corrected chi connectivity index (χ2v) is 6.94. The average molecular weight is 317 g/mol. The Kier molecular flexibility index (Phi) is 5.75. The minimum absolute atomic E-state index is 0.418. The topological polar surface area (TPSA) is 47.8 Å². The van der Waals surface area contributed by atoms with Crippen molar-refractivity contribution in [1.82, 2.24) is 9.80 Å². The minimum Gasteiger partial charge on any atom is -0.384 e. The maximum atomic E-state index is 5.95. The summed E-state index contributed by atoms with van der Waals surface area (Å²) in [4.78, 5) is 7.37. The molecule has 0 unspecified atom stereocenters. The number of hydrogen-bond acceptors (Lipinski definition) is 5. The Morgan fingerprint density at radius 1 is 1.00 bits per heavy atom. The molecule has 0 radical (unpaired) electrons. The van der Waals surface area contributed by atoms with Crippen LogP contribution in [0.2, 0.25) is 0 Å². The largest absolute Gasteiger partial charge is 0.384 e. The molecule has 0 atom stereocenters. The molecule has 5 heteroatoms. The van der Waals surface area contributed by atoms with Crippen molar-refractivity contribution in [2.45, 2.75) is 18.9 Å². The van der Waals surface area contributed by atoms with Gasteiger partial charge in [-0.2, -0.15) is 0 Å². The highest BCUT2D eigenvalue weighted by atomic mass is 15.2. The Morgan fingerprint density at radius 3 is 2.30 bits per heavy atom. The van der Waals surface area contributed by atoms with Gasteiger partial charge >= 0.3 is 0 Å². The summed E-state index contributed by atoms with van der Waals surface area (Å²) in [5, 5.41) is 3.54. The fourth-order valence-corrected chi connectivity index (χ4v) is 3.39. The van der Waals surface area contributed by atoms with Gasteiger partial charge in [-0.1, -0.05) is 0 Å². The lowest BCUT2D eigenvalue weighted by Gasteiger charge is -2.34. The van der Waals surface area contributed by atoms with Gasteiger partial charge in [0.25, 0.3) is 0 Å². The molecule has 2 aliphatic rings. The van der Waals surface area contributed by atoms with Crippen LogP contribution in [0.25, 0.3) is 0 Å². The first kappa shape index (κ1) is 16.6. The van der Waals surface area contributed by atoms with Gasteiger partial charge in [0.1, 0.15) is 0 Å². The van der Waals surface area contributed by atoms with Gasteiger partial charge in [0, 0.05) is 56.7 Å². The van der Waals surface area contributed by atoms with Gasteiger partial charge in [-0.25, -0.2) is 0 Å². The van der Waals surface area contributed by atoms with Crippen molar-refractivity contribution in [2.24, 2.45) is 5.73 Å². The Hall–Kier alpha value is -1.30. The molecule has 1 aromatic carbocycles. The van der Waals surface area contributed by atoms with Gasteiger partial charge in [0.05, 0.1) is 0 Å². The molecule has 3 rings (SSSR count). The van der Waals surface area contributed by atoms with Crippen LogP contribution in [0, 0.1) is 0 Å². The zero-order chi connectivity index (χ0) is 16.1. The van der Waals surface area contributed by atoms with Gasteiger partial charge in [0.15, 0.2) is 0 Å². The number of rotatable bonds is 5. The molecule has 1 aromatic rings. The lowest BCUT2D eigenvalue weighted by molar-refractivity contribution is 0.220. The molecule has 0 bridgehead atoms. The van der Waals surface area contributed by atoms with Crippen LogP contribution in [0.1, 0.15) is 12.8 Å². The first-order valence-corrected chi connectivity index (χ1v) is 8.96. The third-order valence-electron chi connectivity index (χ3n) is 5.13. The van der Waals surface area contributed by atoms with E-state index >= 15 is 0 Å². The van der Waals surface area contributed by atoms with Crippen LogP contribution in [0.4, 0.5) is 11.4 Å². The lowest BCUT2D eigenvalue weighted by atomic mass is 10.1. The van der Waals surface area contributed by atoms with E-state index in [-0.39, 0.29) is 0 Å². The van der Waals surface area contributed by atoms with E-state index in [0.29, 0.717) is 6.04 Å². The quantitative estimate of drug-likeness (QED) is 0.856. The Labute approximate surface area is 140 Å². The van der Waals surface area contributed by atoms with E-state index in [4.69, 9.17) is 5.73 Å². The molecule has 23 heavy (non-hydrogen) atoms. The molecule has 0 spiro atoms. The van der Waals surface area contributed by atoms with E-state index in [1.54, 1.807) is 0 Å². The van der Waals surface area contributed by atoms with Gasteiger partial charge in [-0.05, 0) is 57.2 Å². The van der Waals surface area contributed by atoms with Crippen LogP contribution in [0.15, 0.2) is 24.3 Å². The fraction of sp³-hybridized carbons (Fsp3) is 0.667. The van der Waals surface area contributed by atoms with Gasteiger partial charge in [-0.15, -0.1) is 0 Å². The number of nitrogens with zero attached hydrogens (tertiary/aromatic N) is 3. The van der Waals surface area contributed by atoms with E-state index in [0.717, 1.165) is 65.2 Å². The van der Waals surface area contributed by atoms with E-state index in [9.17, 15) is 0 Å². The predicted octanol–water partition coefficient (Wildman–Crippen LogP) is 1.27. The summed E-state index contributed by atoms with van der Waals surface area (Å²) in [5.41, 5.74) is 8.51. The number of likely N-dealkylation sites (N-methyl/N-ethyl adjacent to an activating group) is 1. The normalized spacial score (nSPS) is 21.6. The molecular weight excluding hydrogens is 286 g/mol. The van der Waals surface area contributed by atoms with Crippen molar-refractivity contribution in [3.63, 3.8) is 0 Å². The second-order valence-electron chi connectivity index (χ2n) is 6.94.